The van der Waals surface area contributed by atoms with Crippen LogP contribution in [0.15, 0.2) is 4.99 Å². The summed E-state index contributed by atoms with van der Waals surface area (Å²) < 4.78 is 5.58. The maximum absolute atomic E-state index is 5.93. The summed E-state index contributed by atoms with van der Waals surface area (Å²) in [5.74, 6) is 0.618. The number of nitrogens with zero attached hydrogens (tertiary/aromatic N) is 1. The van der Waals surface area contributed by atoms with Crippen LogP contribution < -0.4 is 11.1 Å². The number of nitrogens with one attached hydrogen (secondary N) is 1. The minimum absolute atomic E-state index is 0.106. The molecule has 0 aromatic carbocycles. The van der Waals surface area contributed by atoms with Crippen molar-refractivity contribution in [3.8, 4) is 0 Å². The van der Waals surface area contributed by atoms with E-state index in [1.165, 1.54) is 51.4 Å². The maximum Gasteiger partial charge on any atom is 0.188 e. The van der Waals surface area contributed by atoms with Crippen LogP contribution in [0.5, 0.6) is 0 Å². The zero-order valence-corrected chi connectivity index (χ0v) is 11.6. The molecule has 0 unspecified atom stereocenters. The van der Waals surface area contributed by atoms with Crippen LogP contribution in [0, 0.1) is 0 Å². The zero-order valence-electron chi connectivity index (χ0n) is 11.6. The molecule has 104 valence electrons. The lowest BCUT2D eigenvalue weighted by Gasteiger charge is -2.40. The fraction of sp³-hybridized carbons (Fsp3) is 0.929. The molecule has 0 saturated heterocycles. The van der Waals surface area contributed by atoms with Crippen LogP contribution in [-0.4, -0.2) is 31.3 Å². The molecule has 4 nitrogen and oxygen atoms in total. The molecule has 4 heteroatoms. The van der Waals surface area contributed by atoms with Gasteiger partial charge in [0, 0.05) is 19.7 Å². The van der Waals surface area contributed by atoms with E-state index in [0.717, 1.165) is 13.0 Å². The van der Waals surface area contributed by atoms with Crippen molar-refractivity contribution in [1.29, 1.82) is 0 Å². The summed E-state index contributed by atoms with van der Waals surface area (Å²) in [5, 5.41) is 3.35. The Hall–Kier alpha value is -0.770. The fourth-order valence-corrected chi connectivity index (χ4v) is 3.01. The van der Waals surface area contributed by atoms with E-state index in [4.69, 9.17) is 10.5 Å². The van der Waals surface area contributed by atoms with E-state index in [2.05, 4.69) is 10.3 Å². The van der Waals surface area contributed by atoms with Gasteiger partial charge < -0.3 is 15.8 Å². The second-order valence-electron chi connectivity index (χ2n) is 5.74. The number of hydrogen-bond acceptors (Lipinski definition) is 2. The SMILES string of the molecule is COC1(CCN=C(N)NC2CCCCC2)CCC1. The molecular weight excluding hydrogens is 226 g/mol. The second-order valence-corrected chi connectivity index (χ2v) is 5.74. The van der Waals surface area contributed by atoms with Crippen molar-refractivity contribution in [3.63, 3.8) is 0 Å². The Bertz CT molecular complexity index is 275. The number of methoxy groups -OCH3 is 1. The van der Waals surface area contributed by atoms with Crippen LogP contribution in [0.1, 0.15) is 57.8 Å². The zero-order chi connectivity index (χ0) is 12.8. The van der Waals surface area contributed by atoms with Gasteiger partial charge >= 0.3 is 0 Å². The van der Waals surface area contributed by atoms with Gasteiger partial charge in [0.25, 0.3) is 0 Å². The van der Waals surface area contributed by atoms with E-state index < -0.39 is 0 Å². The summed E-state index contributed by atoms with van der Waals surface area (Å²) in [4.78, 5) is 4.44. The Morgan fingerprint density at radius 2 is 2.00 bits per heavy atom. The highest BCUT2D eigenvalue weighted by Gasteiger charge is 2.36. The molecule has 0 heterocycles. The minimum Gasteiger partial charge on any atom is -0.378 e. The largest absolute Gasteiger partial charge is 0.378 e. The van der Waals surface area contributed by atoms with Crippen molar-refractivity contribution in [2.45, 2.75) is 69.4 Å². The summed E-state index contributed by atoms with van der Waals surface area (Å²) in [6.45, 7) is 0.777. The summed E-state index contributed by atoms with van der Waals surface area (Å²) in [5.41, 5.74) is 6.04. The third-order valence-corrected chi connectivity index (χ3v) is 4.50. The fourth-order valence-electron chi connectivity index (χ4n) is 3.01. The number of nitrogens with two attached hydrogens (primary N) is 1. The molecule has 0 aromatic heterocycles. The van der Waals surface area contributed by atoms with Crippen LogP contribution in [0.3, 0.4) is 0 Å². The molecule has 0 aliphatic heterocycles. The van der Waals surface area contributed by atoms with Gasteiger partial charge in [-0.3, -0.25) is 4.99 Å². The van der Waals surface area contributed by atoms with Crippen LogP contribution in [-0.2, 0) is 4.74 Å². The van der Waals surface area contributed by atoms with Crippen LogP contribution in [0.25, 0.3) is 0 Å². The number of hydrogen-bond donors (Lipinski definition) is 2. The molecule has 2 saturated carbocycles. The highest BCUT2D eigenvalue weighted by atomic mass is 16.5. The molecule has 2 aliphatic rings. The van der Waals surface area contributed by atoms with Gasteiger partial charge in [-0.05, 0) is 38.5 Å². The van der Waals surface area contributed by atoms with Crippen molar-refractivity contribution >= 4 is 5.96 Å². The molecule has 2 rings (SSSR count). The Morgan fingerprint density at radius 1 is 1.28 bits per heavy atom. The predicted octanol–water partition coefficient (Wildman–Crippen LogP) is 2.18. The average molecular weight is 253 g/mol. The lowest BCUT2D eigenvalue weighted by Crippen LogP contribution is -2.42. The Balaban J connectivity index is 1.68. The average Bonchev–Trinajstić information content (AvgIpc) is 2.34. The van der Waals surface area contributed by atoms with Crippen molar-refractivity contribution in [2.24, 2.45) is 10.7 Å². The highest BCUT2D eigenvalue weighted by Crippen LogP contribution is 2.37. The van der Waals surface area contributed by atoms with Gasteiger partial charge in [0.1, 0.15) is 0 Å². The first kappa shape index (κ1) is 13.7. The maximum atomic E-state index is 5.93. The molecule has 0 atom stereocenters. The first-order chi connectivity index (χ1) is 8.74. The van der Waals surface area contributed by atoms with Crippen molar-refractivity contribution in [1.82, 2.24) is 5.32 Å². The van der Waals surface area contributed by atoms with Gasteiger partial charge in [-0.1, -0.05) is 19.3 Å². The number of aliphatic imine (C=N–C) groups is 1. The number of ether oxygens (including phenoxy) is 1. The second kappa shape index (κ2) is 6.41. The third kappa shape index (κ3) is 3.61. The monoisotopic (exact) mass is 253 g/mol. The Morgan fingerprint density at radius 3 is 2.56 bits per heavy atom. The molecule has 0 aromatic rings. The number of rotatable bonds is 5. The van der Waals surface area contributed by atoms with E-state index in [0.29, 0.717) is 12.0 Å². The van der Waals surface area contributed by atoms with Crippen LogP contribution >= 0.6 is 0 Å². The normalized spacial score (nSPS) is 24.6. The van der Waals surface area contributed by atoms with Gasteiger partial charge in [0.2, 0.25) is 0 Å². The van der Waals surface area contributed by atoms with Crippen LogP contribution in [0.4, 0.5) is 0 Å². The summed E-state index contributed by atoms with van der Waals surface area (Å²) >= 11 is 0. The quantitative estimate of drug-likeness (QED) is 0.583. The van der Waals surface area contributed by atoms with Gasteiger partial charge in [-0.25, -0.2) is 0 Å². The molecule has 0 radical (unpaired) electrons. The molecule has 18 heavy (non-hydrogen) atoms. The van der Waals surface area contributed by atoms with Crippen molar-refractivity contribution in [3.05, 3.63) is 0 Å². The topological polar surface area (TPSA) is 59.6 Å². The first-order valence-electron chi connectivity index (χ1n) is 7.36. The third-order valence-electron chi connectivity index (χ3n) is 4.50. The molecular formula is C14H27N3O. The lowest BCUT2D eigenvalue weighted by molar-refractivity contribution is -0.0754. The van der Waals surface area contributed by atoms with E-state index in [1.807, 2.05) is 7.11 Å². The summed E-state index contributed by atoms with van der Waals surface area (Å²) in [7, 11) is 1.81. The van der Waals surface area contributed by atoms with Gasteiger partial charge in [0.15, 0.2) is 5.96 Å². The summed E-state index contributed by atoms with van der Waals surface area (Å²) in [6.07, 6.45) is 11.1. The van der Waals surface area contributed by atoms with E-state index in [9.17, 15) is 0 Å². The van der Waals surface area contributed by atoms with Crippen LogP contribution in [0.2, 0.25) is 0 Å². The van der Waals surface area contributed by atoms with E-state index in [1.54, 1.807) is 0 Å². The Kier molecular flexibility index (Phi) is 4.87. The minimum atomic E-state index is 0.106. The highest BCUT2D eigenvalue weighted by molar-refractivity contribution is 5.78. The first-order valence-corrected chi connectivity index (χ1v) is 7.36. The van der Waals surface area contributed by atoms with Gasteiger partial charge in [-0.15, -0.1) is 0 Å². The molecule has 2 fully saturated rings. The Labute approximate surface area is 110 Å². The summed E-state index contributed by atoms with van der Waals surface area (Å²) in [6, 6.07) is 0.544. The van der Waals surface area contributed by atoms with Gasteiger partial charge in [-0.2, -0.15) is 0 Å². The van der Waals surface area contributed by atoms with E-state index >= 15 is 0 Å². The standard InChI is InChI=1S/C14H27N3O/c1-18-14(8-5-9-14)10-11-16-13(15)17-12-6-3-2-4-7-12/h12H,2-11H2,1H3,(H3,15,16,17). The molecule has 2 aliphatic carbocycles. The predicted molar refractivity (Wildman–Crippen MR) is 74.7 cm³/mol. The smallest absolute Gasteiger partial charge is 0.188 e. The van der Waals surface area contributed by atoms with Crippen molar-refractivity contribution in [2.75, 3.05) is 13.7 Å². The molecule has 0 amide bonds. The molecule has 3 N–H and O–H groups in total. The van der Waals surface area contributed by atoms with E-state index in [-0.39, 0.29) is 5.60 Å². The number of guanidine groups is 1. The van der Waals surface area contributed by atoms with Crippen molar-refractivity contribution < 1.29 is 4.74 Å². The lowest BCUT2D eigenvalue weighted by atomic mass is 9.77. The molecule has 0 bridgehead atoms. The molecule has 0 spiro atoms. The van der Waals surface area contributed by atoms with Gasteiger partial charge in [0.05, 0.1) is 5.60 Å².